The average Bonchev–Trinajstić information content (AvgIpc) is 2.73. The van der Waals surface area contributed by atoms with Gasteiger partial charge < -0.3 is 5.32 Å². The van der Waals surface area contributed by atoms with Gasteiger partial charge in [-0.25, -0.2) is 8.42 Å². The van der Waals surface area contributed by atoms with E-state index in [2.05, 4.69) is 17.0 Å². The van der Waals surface area contributed by atoms with E-state index in [4.69, 9.17) is 11.6 Å². The summed E-state index contributed by atoms with van der Waals surface area (Å²) in [6, 6.07) is 20.7. The van der Waals surface area contributed by atoms with E-state index in [0.29, 0.717) is 11.6 Å². The van der Waals surface area contributed by atoms with Crippen LogP contribution in [0.3, 0.4) is 0 Å². The fourth-order valence-corrected chi connectivity index (χ4v) is 4.24. The molecule has 30 heavy (non-hydrogen) atoms. The number of aryl methyl sites for hydroxylation is 1. The van der Waals surface area contributed by atoms with Crippen molar-refractivity contribution in [2.45, 2.75) is 31.2 Å². The second-order valence-corrected chi connectivity index (χ2v) is 8.98. The third-order valence-electron chi connectivity index (χ3n) is 4.54. The van der Waals surface area contributed by atoms with Gasteiger partial charge in [-0.2, -0.15) is 0 Å². The molecule has 156 valence electrons. The number of hydrogen-bond acceptors (Lipinski definition) is 3. The summed E-state index contributed by atoms with van der Waals surface area (Å²) >= 11 is 6.06. The van der Waals surface area contributed by atoms with Crippen LogP contribution in [0.15, 0.2) is 77.7 Å². The van der Waals surface area contributed by atoms with Crippen molar-refractivity contribution in [3.8, 4) is 0 Å². The van der Waals surface area contributed by atoms with Crippen LogP contribution in [0.1, 0.15) is 34.8 Å². The Morgan fingerprint density at radius 2 is 1.63 bits per heavy atom. The molecule has 0 aliphatic heterocycles. The Morgan fingerprint density at radius 1 is 0.933 bits per heavy atom. The fourth-order valence-electron chi connectivity index (χ4n) is 3.00. The van der Waals surface area contributed by atoms with Gasteiger partial charge in [0.05, 0.1) is 16.1 Å². The summed E-state index contributed by atoms with van der Waals surface area (Å²) in [6.07, 6.45) is 1.86. The number of amides is 1. The van der Waals surface area contributed by atoms with E-state index in [9.17, 15) is 13.2 Å². The average molecular weight is 443 g/mol. The Kier molecular flexibility index (Phi) is 7.13. The van der Waals surface area contributed by atoms with E-state index in [-0.39, 0.29) is 16.1 Å². The smallest absolute Gasteiger partial charge is 0.261 e. The first kappa shape index (κ1) is 21.9. The third kappa shape index (κ3) is 5.62. The van der Waals surface area contributed by atoms with Gasteiger partial charge in [0.15, 0.2) is 0 Å². The SMILES string of the molecule is CCCc1ccc(S(=O)(=O)Nc2cc(Cl)ccc2C(=O)NCc2ccccc2)cc1. The molecule has 0 bridgehead atoms. The lowest BCUT2D eigenvalue weighted by Crippen LogP contribution is -2.25. The first-order valence-corrected chi connectivity index (χ1v) is 11.5. The topological polar surface area (TPSA) is 75.3 Å². The van der Waals surface area contributed by atoms with Gasteiger partial charge >= 0.3 is 0 Å². The Labute approximate surface area is 182 Å². The number of nitrogens with one attached hydrogen (secondary N) is 2. The quantitative estimate of drug-likeness (QED) is 0.514. The van der Waals surface area contributed by atoms with E-state index >= 15 is 0 Å². The predicted octanol–water partition coefficient (Wildman–Crippen LogP) is 5.02. The Bertz CT molecular complexity index is 1110. The lowest BCUT2D eigenvalue weighted by Gasteiger charge is -2.14. The van der Waals surface area contributed by atoms with Gasteiger partial charge in [-0.15, -0.1) is 0 Å². The molecule has 3 aromatic rings. The number of carbonyl (C=O) groups is 1. The molecule has 1 amide bonds. The molecule has 0 saturated heterocycles. The highest BCUT2D eigenvalue weighted by Crippen LogP contribution is 2.25. The molecule has 0 spiro atoms. The van der Waals surface area contributed by atoms with Crippen LogP contribution in [0, 0.1) is 0 Å². The Hall–Kier alpha value is -2.83. The molecule has 0 unspecified atom stereocenters. The van der Waals surface area contributed by atoms with Crippen LogP contribution in [0.4, 0.5) is 5.69 Å². The first-order chi connectivity index (χ1) is 14.4. The lowest BCUT2D eigenvalue weighted by molar-refractivity contribution is 0.0952. The summed E-state index contributed by atoms with van der Waals surface area (Å²) in [5.74, 6) is -0.397. The molecule has 3 aromatic carbocycles. The van der Waals surface area contributed by atoms with Crippen LogP contribution in [-0.2, 0) is 23.0 Å². The van der Waals surface area contributed by atoms with Crippen LogP contribution in [0.2, 0.25) is 5.02 Å². The third-order valence-corrected chi connectivity index (χ3v) is 6.16. The minimum atomic E-state index is -3.87. The molecule has 2 N–H and O–H groups in total. The van der Waals surface area contributed by atoms with Gasteiger partial charge in [0.25, 0.3) is 15.9 Å². The molecule has 0 aliphatic carbocycles. The van der Waals surface area contributed by atoms with Crippen molar-refractivity contribution < 1.29 is 13.2 Å². The number of hydrogen-bond donors (Lipinski definition) is 2. The number of carbonyl (C=O) groups excluding carboxylic acids is 1. The maximum atomic E-state index is 12.9. The standard InChI is InChI=1S/C23H23ClN2O3S/c1-2-6-17-9-12-20(13-10-17)30(28,29)26-22-15-19(24)11-14-21(22)23(27)25-16-18-7-4-3-5-8-18/h3-5,7-15,26H,2,6,16H2,1H3,(H,25,27). The van der Waals surface area contributed by atoms with E-state index in [1.54, 1.807) is 30.3 Å². The van der Waals surface area contributed by atoms with Gasteiger partial charge in [0.1, 0.15) is 0 Å². The molecule has 0 aromatic heterocycles. The van der Waals surface area contributed by atoms with Crippen LogP contribution < -0.4 is 10.0 Å². The molecule has 5 nitrogen and oxygen atoms in total. The predicted molar refractivity (Wildman–Crippen MR) is 120 cm³/mol. The maximum Gasteiger partial charge on any atom is 0.261 e. The number of sulfonamides is 1. The van der Waals surface area contributed by atoms with Crippen molar-refractivity contribution >= 4 is 33.2 Å². The van der Waals surface area contributed by atoms with Gasteiger partial charge in [0.2, 0.25) is 0 Å². The summed E-state index contributed by atoms with van der Waals surface area (Å²) in [5.41, 5.74) is 2.33. The summed E-state index contributed by atoms with van der Waals surface area (Å²) in [6.45, 7) is 2.39. The van der Waals surface area contributed by atoms with Crippen molar-refractivity contribution in [3.05, 3.63) is 94.5 Å². The van der Waals surface area contributed by atoms with Crippen LogP contribution in [-0.4, -0.2) is 14.3 Å². The van der Waals surface area contributed by atoms with Crippen molar-refractivity contribution in [1.29, 1.82) is 0 Å². The Morgan fingerprint density at radius 3 is 2.30 bits per heavy atom. The van der Waals surface area contributed by atoms with E-state index < -0.39 is 15.9 Å². The maximum absolute atomic E-state index is 12.9. The second-order valence-electron chi connectivity index (χ2n) is 6.86. The highest BCUT2D eigenvalue weighted by molar-refractivity contribution is 7.92. The summed E-state index contributed by atoms with van der Waals surface area (Å²) in [7, 11) is -3.87. The monoisotopic (exact) mass is 442 g/mol. The summed E-state index contributed by atoms with van der Waals surface area (Å²) in [4.78, 5) is 12.8. The summed E-state index contributed by atoms with van der Waals surface area (Å²) < 4.78 is 28.2. The molecule has 7 heteroatoms. The van der Waals surface area contributed by atoms with Crippen molar-refractivity contribution in [1.82, 2.24) is 5.32 Å². The zero-order valence-electron chi connectivity index (χ0n) is 16.6. The van der Waals surface area contributed by atoms with E-state index in [1.165, 1.54) is 12.1 Å². The van der Waals surface area contributed by atoms with Crippen molar-refractivity contribution in [2.24, 2.45) is 0 Å². The zero-order valence-corrected chi connectivity index (χ0v) is 18.1. The lowest BCUT2D eigenvalue weighted by atomic mass is 10.1. The number of anilines is 1. The fraction of sp³-hybridized carbons (Fsp3) is 0.174. The number of benzene rings is 3. The van der Waals surface area contributed by atoms with Crippen LogP contribution in [0.5, 0.6) is 0 Å². The Balaban J connectivity index is 1.81. The molecule has 0 heterocycles. The minimum Gasteiger partial charge on any atom is -0.348 e. The van der Waals surface area contributed by atoms with E-state index in [1.807, 2.05) is 30.3 Å². The van der Waals surface area contributed by atoms with Gasteiger partial charge in [-0.3, -0.25) is 9.52 Å². The van der Waals surface area contributed by atoms with Gasteiger partial charge in [-0.1, -0.05) is 67.4 Å². The molecular weight excluding hydrogens is 420 g/mol. The minimum absolute atomic E-state index is 0.123. The van der Waals surface area contributed by atoms with E-state index in [0.717, 1.165) is 24.0 Å². The zero-order chi connectivity index (χ0) is 21.6. The molecular formula is C23H23ClN2O3S. The molecule has 0 saturated carbocycles. The molecule has 3 rings (SSSR count). The first-order valence-electron chi connectivity index (χ1n) is 9.62. The van der Waals surface area contributed by atoms with Crippen LogP contribution >= 0.6 is 11.6 Å². The van der Waals surface area contributed by atoms with Gasteiger partial charge in [-0.05, 0) is 47.9 Å². The second kappa shape index (κ2) is 9.78. The normalized spacial score (nSPS) is 11.1. The molecule has 0 aliphatic rings. The molecule has 0 radical (unpaired) electrons. The largest absolute Gasteiger partial charge is 0.348 e. The molecule has 0 atom stereocenters. The van der Waals surface area contributed by atoms with Crippen LogP contribution in [0.25, 0.3) is 0 Å². The highest BCUT2D eigenvalue weighted by atomic mass is 35.5. The van der Waals surface area contributed by atoms with Gasteiger partial charge in [0, 0.05) is 11.6 Å². The van der Waals surface area contributed by atoms with Crippen molar-refractivity contribution in [2.75, 3.05) is 4.72 Å². The molecule has 0 fully saturated rings. The number of rotatable bonds is 8. The summed E-state index contributed by atoms with van der Waals surface area (Å²) in [5, 5.41) is 3.13. The van der Waals surface area contributed by atoms with Crippen molar-refractivity contribution in [3.63, 3.8) is 0 Å². The highest BCUT2D eigenvalue weighted by Gasteiger charge is 2.19. The number of halogens is 1.